The van der Waals surface area contributed by atoms with Gasteiger partial charge in [-0.2, -0.15) is 143 Å². The molecule has 1 aliphatic heterocycles. The van der Waals surface area contributed by atoms with Gasteiger partial charge < -0.3 is 4.89 Å². The third-order valence-electron chi connectivity index (χ3n) is 7.93. The predicted molar refractivity (Wildman–Crippen MR) is 140 cm³/mol. The molecule has 1 unspecified atom stereocenters. The maximum absolute atomic E-state index is 14.3. The van der Waals surface area contributed by atoms with Gasteiger partial charge in [0.25, 0.3) is 0 Å². The van der Waals surface area contributed by atoms with E-state index >= 15 is 0 Å². The minimum atomic E-state index is -8.98. The fourth-order valence-electron chi connectivity index (χ4n) is 4.18. The number of hydrogen-bond acceptors (Lipinski definition) is 5. The van der Waals surface area contributed by atoms with Gasteiger partial charge in [0, 0.05) is 46.3 Å². The highest BCUT2D eigenvalue weighted by Crippen LogP contribution is 2.65. The van der Waals surface area contributed by atoms with Gasteiger partial charge in [-0.05, 0) is 5.75 Å². The molecule has 1 heterocycles. The van der Waals surface area contributed by atoms with Gasteiger partial charge in [-0.1, -0.05) is 0 Å². The van der Waals surface area contributed by atoms with Crippen LogP contribution < -0.4 is 0 Å². The Morgan fingerprint density at radius 3 is 1.07 bits per heavy atom. The molecule has 1 N–H and O–H groups in total. The van der Waals surface area contributed by atoms with Crippen LogP contribution in [0.2, 0.25) is 0 Å². The summed E-state index contributed by atoms with van der Waals surface area (Å²) in [6.45, 7) is -3.04. The first-order valence-electron chi connectivity index (χ1n) is 14.4. The van der Waals surface area contributed by atoms with E-state index < -0.39 is 168 Å². The second-order valence-electron chi connectivity index (χ2n) is 12.5. The molecule has 0 aromatic rings. The lowest BCUT2D eigenvalue weighted by molar-refractivity contribution is -0.461. The Morgan fingerprint density at radius 1 is 0.475 bits per heavy atom. The van der Waals surface area contributed by atoms with Crippen LogP contribution in [0.4, 0.5) is 132 Å². The number of thioether (sulfide) groups is 1. The van der Waals surface area contributed by atoms with Crippen molar-refractivity contribution >= 4 is 30.4 Å². The van der Waals surface area contributed by atoms with Gasteiger partial charge in [0.2, 0.25) is 0 Å². The van der Waals surface area contributed by atoms with E-state index in [0.717, 1.165) is 0 Å². The molecule has 0 bridgehead atoms. The van der Waals surface area contributed by atoms with Crippen LogP contribution in [0.1, 0.15) is 12.8 Å². The Bertz CT molecular complexity index is 1610. The van der Waals surface area contributed by atoms with Crippen molar-refractivity contribution in [3.63, 3.8) is 0 Å². The van der Waals surface area contributed by atoms with Crippen molar-refractivity contribution in [1.82, 2.24) is 0 Å². The summed E-state index contributed by atoms with van der Waals surface area (Å²) in [5.74, 6) is -106. The van der Waals surface area contributed by atoms with Crippen molar-refractivity contribution < 1.29 is 154 Å². The lowest BCUT2D eigenvalue weighted by atomic mass is 9.88. The van der Waals surface area contributed by atoms with Gasteiger partial charge in [0.05, 0.1) is 13.2 Å². The Morgan fingerprint density at radius 2 is 0.754 bits per heavy atom. The Kier molecular flexibility index (Phi) is 15.5. The van der Waals surface area contributed by atoms with E-state index in [4.69, 9.17) is 0 Å². The number of rotatable bonds is 20. The van der Waals surface area contributed by atoms with Gasteiger partial charge in [0.1, 0.15) is 0 Å². The van der Waals surface area contributed by atoms with E-state index in [2.05, 4.69) is 9.05 Å². The van der Waals surface area contributed by atoms with Gasteiger partial charge >= 0.3 is 91.2 Å². The van der Waals surface area contributed by atoms with Gasteiger partial charge in [-0.15, -0.1) is 0 Å². The summed E-state index contributed by atoms with van der Waals surface area (Å²) in [5, 5.41) is 0. The van der Waals surface area contributed by atoms with E-state index in [1.165, 1.54) is 0 Å². The van der Waals surface area contributed by atoms with Crippen molar-refractivity contribution in [2.24, 2.45) is 5.41 Å². The predicted octanol–water partition coefficient (Wildman–Crippen LogP) is 11.1. The highest BCUT2D eigenvalue weighted by atomic mass is 32.2. The maximum Gasteiger partial charge on any atom is 0.472 e. The summed E-state index contributed by atoms with van der Waals surface area (Å²) < 4.78 is 435. The van der Waals surface area contributed by atoms with Crippen molar-refractivity contribution in [1.29, 1.82) is 0 Å². The molecular formula is C23H17F30O5PS2. The summed E-state index contributed by atoms with van der Waals surface area (Å²) in [6, 6.07) is 0. The molecule has 0 aromatic carbocycles. The molecule has 0 saturated carbocycles. The molecule has 1 saturated heterocycles. The normalized spacial score (nSPS) is 22.7. The molecule has 0 aliphatic carbocycles. The number of hydrogen-bond donors (Lipinski definition) is 1. The van der Waals surface area contributed by atoms with E-state index in [1.54, 1.807) is 0 Å². The minimum absolute atomic E-state index is 0.433. The third-order valence-corrected chi connectivity index (χ3v) is 11.7. The van der Waals surface area contributed by atoms with E-state index in [0.29, 0.717) is 0 Å². The maximum atomic E-state index is 14.3. The van der Waals surface area contributed by atoms with Crippen molar-refractivity contribution in [3.8, 4) is 0 Å². The van der Waals surface area contributed by atoms with Gasteiger partial charge in [0.15, 0.2) is 0 Å². The first-order valence-corrected chi connectivity index (χ1v) is 18.6. The monoisotopic (exact) mass is 1040 g/mol. The number of phosphoric ester groups is 1. The quantitative estimate of drug-likeness (QED) is 0.0744. The molecule has 0 aromatic heterocycles. The third kappa shape index (κ3) is 9.46. The molecule has 1 fully saturated rings. The summed E-state index contributed by atoms with van der Waals surface area (Å²) >= 11 is -0.433. The van der Waals surface area contributed by atoms with Crippen LogP contribution in [-0.4, -0.2) is 129 Å². The Hall–Kier alpha value is -1.49. The number of alkyl halides is 30. The first kappa shape index (κ1) is 57.5. The average Bonchev–Trinajstić information content (AvgIpc) is 3.05. The summed E-state index contributed by atoms with van der Waals surface area (Å²) in [5.41, 5.74) is -2.58. The smallest absolute Gasteiger partial charge is 0.302 e. The first-order chi connectivity index (χ1) is 26.2. The van der Waals surface area contributed by atoms with Crippen LogP contribution >= 0.6 is 19.6 Å². The molecular weight excluding hydrogens is 1020 g/mol. The highest BCUT2D eigenvalue weighted by molar-refractivity contribution is 7.99. The summed E-state index contributed by atoms with van der Waals surface area (Å²) in [4.78, 5) is 9.27. The Labute approximate surface area is 323 Å². The number of halogens is 30. The van der Waals surface area contributed by atoms with Crippen molar-refractivity contribution in [3.05, 3.63) is 0 Å². The fraction of sp³-hybridized carbons (Fsp3) is 1.00. The Balaban J connectivity index is 3.34. The zero-order valence-electron chi connectivity index (χ0n) is 27.8. The van der Waals surface area contributed by atoms with E-state index in [-0.39, 0.29) is 0 Å². The average molecular weight is 1040 g/mol. The molecule has 1 aliphatic rings. The van der Waals surface area contributed by atoms with Crippen molar-refractivity contribution in [2.75, 3.05) is 36.2 Å². The molecule has 61 heavy (non-hydrogen) atoms. The van der Waals surface area contributed by atoms with Gasteiger partial charge in [-0.3, -0.25) is 13.3 Å². The lowest BCUT2D eigenvalue weighted by Crippen LogP contribution is -2.74. The molecule has 366 valence electrons. The van der Waals surface area contributed by atoms with Gasteiger partial charge in [-0.25, -0.2) is 4.57 Å². The molecule has 0 radical (unpaired) electrons. The van der Waals surface area contributed by atoms with Crippen LogP contribution in [0.3, 0.4) is 0 Å². The molecule has 0 spiro atoms. The summed E-state index contributed by atoms with van der Waals surface area (Å²) in [6.07, 6.45) is -22.0. The highest BCUT2D eigenvalue weighted by Gasteiger charge is 2.95. The van der Waals surface area contributed by atoms with Crippen molar-refractivity contribution in [2.45, 2.75) is 96.3 Å². The van der Waals surface area contributed by atoms with Crippen LogP contribution in [0.15, 0.2) is 0 Å². The largest absolute Gasteiger partial charge is 0.472 e. The van der Waals surface area contributed by atoms with E-state index in [1.807, 2.05) is 0 Å². The molecule has 1 rings (SSSR count). The van der Waals surface area contributed by atoms with Crippen LogP contribution in [0.5, 0.6) is 0 Å². The minimum Gasteiger partial charge on any atom is -0.302 e. The molecule has 38 heteroatoms. The van der Waals surface area contributed by atoms with E-state index in [9.17, 15) is 145 Å². The van der Waals surface area contributed by atoms with Crippen LogP contribution in [0, 0.1) is 5.41 Å². The molecule has 5 nitrogen and oxygen atoms in total. The second-order valence-corrected chi connectivity index (χ2v) is 16.6. The fourth-order valence-corrected chi connectivity index (χ4v) is 8.09. The molecule has 1 atom stereocenters. The topological polar surface area (TPSA) is 72.8 Å². The zero-order valence-corrected chi connectivity index (χ0v) is 30.4. The van der Waals surface area contributed by atoms with Crippen LogP contribution in [-0.2, 0) is 24.4 Å². The van der Waals surface area contributed by atoms with Crippen LogP contribution in [0.25, 0.3) is 0 Å². The summed E-state index contributed by atoms with van der Waals surface area (Å²) in [7, 11) is -8.76. The second kappa shape index (κ2) is 16.4. The molecule has 0 amide bonds. The SMILES string of the molecule is O=S(CCC(F)(F)C(F)(F)C(F)(F)C(F)(F)C(F)(F)C(F)(F)C(F)(F)C(F)(F)F)CC1(CSCCC(F)(F)C(F)(F)C(F)(F)C(F)(F)C(F)(F)C(F)(F)F)COP(=O)(O)OC1. The number of phosphoric acid groups is 1. The standard InChI is InChI=1S/C23H17F30O5PS2/c24-10(25,12(28,29)15(34,35)18(40,41)20(44,45)22(48,49)50)1-3-60-7-9(5-57-59(54,55)58-6-9)8-61(56)4-2-11(26,27)13(30,31)14(32,33)16(36,37)17(38,39)19(42,43)21(46,47)23(51,52)53/h1-8H2,(H,54,55). The zero-order chi connectivity index (χ0) is 49.4. The lowest BCUT2D eigenvalue weighted by Gasteiger charge is -2.42.